The Kier molecular flexibility index (Phi) is 5.67. The van der Waals surface area contributed by atoms with E-state index in [1.54, 1.807) is 9.69 Å². The summed E-state index contributed by atoms with van der Waals surface area (Å²) in [6.07, 6.45) is 0. The highest BCUT2D eigenvalue weighted by Gasteiger charge is 2.29. The fraction of sp³-hybridized carbons (Fsp3) is 0. The van der Waals surface area contributed by atoms with E-state index in [9.17, 15) is 0 Å². The van der Waals surface area contributed by atoms with Crippen LogP contribution in [0.15, 0.2) is 137 Å². The Morgan fingerprint density at radius 2 is 1.14 bits per heavy atom. The number of tetrazole rings is 1. The lowest BCUT2D eigenvalue weighted by Crippen LogP contribution is -2.36. The standard InChI is InChI=1S/C26H20N10/c1-5-13-21(14-6-1)33-25(29-35(31-33)23-17-9-3-10-18-23)27-28-26-30-36(24-19-11-4-12-20-24)32-34(26)22-15-7-2-8-16-22/h1-20H/q+1/b28-27+. The van der Waals surface area contributed by atoms with E-state index in [1.807, 2.05) is 121 Å². The van der Waals surface area contributed by atoms with Crippen molar-refractivity contribution in [3.8, 4) is 11.4 Å². The molecule has 0 saturated heterocycles. The topological polar surface area (TPSA) is 92.2 Å². The molecule has 1 aromatic heterocycles. The van der Waals surface area contributed by atoms with Crippen LogP contribution in [0.3, 0.4) is 0 Å². The van der Waals surface area contributed by atoms with Crippen LogP contribution in [0.25, 0.3) is 11.4 Å². The quantitative estimate of drug-likeness (QED) is 0.281. The van der Waals surface area contributed by atoms with Crippen LogP contribution in [-0.2, 0) is 0 Å². The number of para-hydroxylation sites is 4. The highest BCUT2D eigenvalue weighted by atomic mass is 15.9. The van der Waals surface area contributed by atoms with E-state index in [2.05, 4.69) is 31.2 Å². The van der Waals surface area contributed by atoms with Gasteiger partial charge in [0.15, 0.2) is 0 Å². The Hall–Kier alpha value is -5.22. The molecule has 0 saturated carbocycles. The number of aromatic nitrogens is 4. The third-order valence-corrected chi connectivity index (χ3v) is 5.30. The van der Waals surface area contributed by atoms with Gasteiger partial charge in [-0.1, -0.05) is 77.5 Å². The molecular formula is C26H20N10+. The fourth-order valence-corrected chi connectivity index (χ4v) is 3.57. The highest BCUT2D eigenvalue weighted by Crippen LogP contribution is 2.23. The average Bonchev–Trinajstić information content (AvgIpc) is 3.59. The minimum Gasteiger partial charge on any atom is -0.200 e. The molecule has 0 unspecified atom stereocenters. The second-order valence-electron chi connectivity index (χ2n) is 7.72. The van der Waals surface area contributed by atoms with Gasteiger partial charge in [-0.2, -0.15) is 10.1 Å². The lowest BCUT2D eigenvalue weighted by molar-refractivity contribution is -0.649. The van der Waals surface area contributed by atoms with Crippen molar-refractivity contribution < 1.29 is 4.68 Å². The summed E-state index contributed by atoms with van der Waals surface area (Å²) in [5.74, 6) is 0.581. The van der Waals surface area contributed by atoms with Crippen LogP contribution >= 0.6 is 0 Å². The highest BCUT2D eigenvalue weighted by molar-refractivity contribution is 5.98. The van der Waals surface area contributed by atoms with E-state index in [4.69, 9.17) is 0 Å². The summed E-state index contributed by atoms with van der Waals surface area (Å²) >= 11 is 0. The monoisotopic (exact) mass is 472 g/mol. The van der Waals surface area contributed by atoms with Crippen molar-refractivity contribution in [2.24, 2.45) is 15.3 Å². The first-order valence-electron chi connectivity index (χ1n) is 11.3. The van der Waals surface area contributed by atoms with Gasteiger partial charge in [0.25, 0.3) is 5.96 Å². The maximum absolute atomic E-state index is 4.62. The van der Waals surface area contributed by atoms with Gasteiger partial charge in [-0.05, 0) is 58.4 Å². The Labute approximate surface area is 207 Å². The molecule has 5 aromatic rings. The van der Waals surface area contributed by atoms with Gasteiger partial charge in [0.2, 0.25) is 0 Å². The molecule has 0 bridgehead atoms. The van der Waals surface area contributed by atoms with Crippen molar-refractivity contribution in [1.82, 2.24) is 20.6 Å². The molecule has 2 heterocycles. The predicted octanol–water partition coefficient (Wildman–Crippen LogP) is 4.36. The lowest BCUT2D eigenvalue weighted by Gasteiger charge is -2.16. The minimum absolute atomic E-state index is 0.291. The average molecular weight is 473 g/mol. The van der Waals surface area contributed by atoms with Gasteiger partial charge in [0.1, 0.15) is 11.4 Å². The van der Waals surface area contributed by atoms with Crippen LogP contribution in [-0.4, -0.2) is 21.1 Å². The van der Waals surface area contributed by atoms with Crippen molar-refractivity contribution in [2.75, 3.05) is 10.1 Å². The molecule has 6 rings (SSSR count). The summed E-state index contributed by atoms with van der Waals surface area (Å²) in [5, 5.41) is 25.8. The third kappa shape index (κ3) is 4.31. The number of azo groups is 1. The molecule has 0 atom stereocenters. The van der Waals surface area contributed by atoms with Crippen molar-refractivity contribution >= 4 is 23.3 Å². The van der Waals surface area contributed by atoms with Crippen LogP contribution < -0.4 is 20.3 Å². The van der Waals surface area contributed by atoms with Gasteiger partial charge >= 0.3 is 5.95 Å². The zero-order valence-electron chi connectivity index (χ0n) is 19.0. The van der Waals surface area contributed by atoms with Gasteiger partial charge in [0.05, 0.1) is 16.5 Å². The molecule has 0 aliphatic carbocycles. The minimum atomic E-state index is 0.291. The maximum atomic E-state index is 4.62. The lowest BCUT2D eigenvalue weighted by atomic mass is 10.3. The van der Waals surface area contributed by atoms with Gasteiger partial charge in [-0.25, -0.2) is 0 Å². The number of benzene rings is 4. The number of anilines is 2. The molecule has 0 amide bonds. The van der Waals surface area contributed by atoms with Crippen LogP contribution in [0.5, 0.6) is 0 Å². The number of guanidine groups is 1. The molecule has 10 nitrogen and oxygen atoms in total. The molecule has 0 fully saturated rings. The molecule has 36 heavy (non-hydrogen) atoms. The molecule has 0 spiro atoms. The number of hydrazone groups is 1. The molecule has 0 N–H and O–H groups in total. The third-order valence-electron chi connectivity index (χ3n) is 5.30. The molecule has 4 aromatic carbocycles. The van der Waals surface area contributed by atoms with E-state index >= 15 is 0 Å². The second kappa shape index (κ2) is 9.57. The molecule has 1 aliphatic rings. The van der Waals surface area contributed by atoms with Crippen LogP contribution in [0.4, 0.5) is 17.3 Å². The largest absolute Gasteiger partial charge is 0.461 e. The number of nitrogens with zero attached hydrogens (tertiary/aromatic N) is 10. The predicted molar refractivity (Wildman–Crippen MR) is 135 cm³/mol. The Bertz CT molecular complexity index is 1500. The number of rotatable bonds is 5. The summed E-state index contributed by atoms with van der Waals surface area (Å²) in [6.45, 7) is 0. The number of hydrogen-bond acceptors (Lipinski definition) is 7. The van der Waals surface area contributed by atoms with Gasteiger partial charge in [-0.3, -0.25) is 0 Å². The molecular weight excluding hydrogens is 452 g/mol. The molecule has 1 aliphatic heterocycles. The second-order valence-corrected chi connectivity index (χ2v) is 7.72. The maximum Gasteiger partial charge on any atom is 0.461 e. The van der Waals surface area contributed by atoms with E-state index in [-0.39, 0.29) is 0 Å². The van der Waals surface area contributed by atoms with E-state index in [1.165, 1.54) is 9.91 Å². The fourth-order valence-electron chi connectivity index (χ4n) is 3.57. The zero-order chi connectivity index (χ0) is 24.2. The Balaban J connectivity index is 1.40. The van der Waals surface area contributed by atoms with Gasteiger partial charge in [0, 0.05) is 15.9 Å². The zero-order valence-corrected chi connectivity index (χ0v) is 19.0. The molecule has 173 valence electrons. The van der Waals surface area contributed by atoms with Gasteiger partial charge in [-0.15, -0.1) is 5.10 Å². The Morgan fingerprint density at radius 3 is 1.78 bits per heavy atom. The van der Waals surface area contributed by atoms with Crippen LogP contribution in [0.1, 0.15) is 0 Å². The van der Waals surface area contributed by atoms with Crippen LogP contribution in [0.2, 0.25) is 0 Å². The van der Waals surface area contributed by atoms with Crippen molar-refractivity contribution in [3.63, 3.8) is 0 Å². The summed E-state index contributed by atoms with van der Waals surface area (Å²) in [6, 6.07) is 38.6. The summed E-state index contributed by atoms with van der Waals surface area (Å²) in [5.41, 5.74) is 7.83. The number of hydrogen-bond donors (Lipinski definition) is 0. The Morgan fingerprint density at radius 1 is 0.583 bits per heavy atom. The van der Waals surface area contributed by atoms with Crippen molar-refractivity contribution in [1.29, 1.82) is 0 Å². The first-order valence-corrected chi connectivity index (χ1v) is 11.3. The smallest absolute Gasteiger partial charge is 0.200 e. The van der Waals surface area contributed by atoms with Gasteiger partial charge < -0.3 is 0 Å². The summed E-state index contributed by atoms with van der Waals surface area (Å²) in [4.78, 5) is 1.52. The van der Waals surface area contributed by atoms with E-state index in [0.29, 0.717) is 11.9 Å². The van der Waals surface area contributed by atoms with Crippen molar-refractivity contribution in [3.05, 3.63) is 121 Å². The first kappa shape index (κ1) is 21.3. The van der Waals surface area contributed by atoms with E-state index in [0.717, 1.165) is 22.7 Å². The van der Waals surface area contributed by atoms with E-state index < -0.39 is 0 Å². The molecule has 1 radical (unpaired) electrons. The normalized spacial score (nSPS) is 13.4. The van der Waals surface area contributed by atoms with Crippen LogP contribution in [0, 0.1) is 0 Å². The summed E-state index contributed by atoms with van der Waals surface area (Å²) < 4.78 is 1.63. The molecule has 10 heteroatoms. The first-order chi connectivity index (χ1) is 17.8. The SMILES string of the molecule is c1ccc(N2[N]N(c3ccccc3)C(/N=N/c3nn(-c4ccccc4)n[n+]3-c3ccccc3)=N2)cc1. The summed E-state index contributed by atoms with van der Waals surface area (Å²) in [7, 11) is 0. The van der Waals surface area contributed by atoms with Crippen molar-refractivity contribution in [2.45, 2.75) is 0 Å².